The fraction of sp³-hybridized carbons (Fsp3) is 0. The minimum atomic E-state index is -0.646. The van der Waals surface area contributed by atoms with Crippen molar-refractivity contribution in [2.75, 3.05) is 0 Å². The van der Waals surface area contributed by atoms with Gasteiger partial charge < -0.3 is 5.11 Å². The van der Waals surface area contributed by atoms with Crippen LogP contribution >= 0.6 is 0 Å². The zero-order chi connectivity index (χ0) is 20.5. The number of aromatic hydroxyl groups is 1. The van der Waals surface area contributed by atoms with E-state index in [0.717, 1.165) is 23.8 Å². The van der Waals surface area contributed by atoms with Crippen LogP contribution in [0.5, 0.6) is 5.75 Å². The van der Waals surface area contributed by atoms with Gasteiger partial charge in [-0.15, -0.1) is 0 Å². The highest BCUT2D eigenvalue weighted by molar-refractivity contribution is 6.10. The molecule has 0 unspecified atom stereocenters. The molecule has 0 saturated carbocycles. The minimum Gasteiger partial charge on any atom is -0.507 e. The first-order chi connectivity index (χ1) is 14.0. The predicted molar refractivity (Wildman–Crippen MR) is 101 cm³/mol. The number of hydrogen-bond donors (Lipinski definition) is 1. The van der Waals surface area contributed by atoms with Gasteiger partial charge in [-0.05, 0) is 18.2 Å². The van der Waals surface area contributed by atoms with Gasteiger partial charge in [-0.3, -0.25) is 14.9 Å². The van der Waals surface area contributed by atoms with Crippen molar-refractivity contribution in [2.45, 2.75) is 0 Å². The third-order valence-corrected chi connectivity index (χ3v) is 4.30. The Bertz CT molecular complexity index is 1340. The number of fused-ring (bicyclic) bond motifs is 1. The number of carbonyl (C=O) groups excluding carboxylic acids is 1. The summed E-state index contributed by atoms with van der Waals surface area (Å²) in [6, 6.07) is 13.9. The number of aromatic nitrogens is 3. The molecule has 1 N–H and O–H groups in total. The maximum atomic E-state index is 12.7. The van der Waals surface area contributed by atoms with Gasteiger partial charge >= 0.3 is 0 Å². The van der Waals surface area contributed by atoms with E-state index in [9.17, 15) is 20.0 Å². The molecule has 0 radical (unpaired) electrons. The lowest BCUT2D eigenvalue weighted by molar-refractivity contribution is -0.384. The number of phenolic OH excluding ortho intramolecular Hbond substituents is 1. The van der Waals surface area contributed by atoms with E-state index in [1.165, 1.54) is 16.9 Å². The molecule has 0 atom stereocenters. The number of rotatable bonds is 4. The van der Waals surface area contributed by atoms with Gasteiger partial charge in [0.15, 0.2) is 11.4 Å². The molecule has 4 rings (SSSR count). The third-order valence-electron chi connectivity index (χ3n) is 4.30. The minimum absolute atomic E-state index is 0.105. The van der Waals surface area contributed by atoms with Crippen LogP contribution in [-0.2, 0) is 0 Å². The van der Waals surface area contributed by atoms with Crippen LogP contribution in [0.25, 0.3) is 16.9 Å². The molecular weight excluding hydrogens is 374 g/mol. The molecule has 0 spiro atoms. The smallest absolute Gasteiger partial charge is 0.270 e. The van der Waals surface area contributed by atoms with E-state index in [0.29, 0.717) is 16.9 Å². The van der Waals surface area contributed by atoms with Gasteiger partial charge in [-0.2, -0.15) is 10.4 Å². The van der Waals surface area contributed by atoms with Crippen molar-refractivity contribution in [3.8, 4) is 23.1 Å². The van der Waals surface area contributed by atoms with Gasteiger partial charge in [0.1, 0.15) is 5.75 Å². The number of nitro groups is 1. The number of benzene rings is 2. The monoisotopic (exact) mass is 385 g/mol. The standard InChI is InChI=1S/C20H11N5O4/c21-9-12-2-1-3-13(6-12)17-8-19-22-10-14(11-24(19)23-17)20(27)16-7-15(25(28)29)4-5-18(16)26/h1-8,10-11,26H. The second kappa shape index (κ2) is 6.86. The summed E-state index contributed by atoms with van der Waals surface area (Å²) in [7, 11) is 0. The van der Waals surface area contributed by atoms with Crippen LogP contribution in [0.2, 0.25) is 0 Å². The van der Waals surface area contributed by atoms with Crippen molar-refractivity contribution in [1.29, 1.82) is 5.26 Å². The molecule has 0 amide bonds. The number of nitriles is 1. The number of carbonyl (C=O) groups is 1. The Labute approximate surface area is 163 Å². The molecule has 0 aliphatic heterocycles. The Kier molecular flexibility index (Phi) is 4.22. The Morgan fingerprint density at radius 2 is 2.03 bits per heavy atom. The van der Waals surface area contributed by atoms with E-state index in [4.69, 9.17) is 5.26 Å². The highest BCUT2D eigenvalue weighted by atomic mass is 16.6. The molecule has 140 valence electrons. The van der Waals surface area contributed by atoms with Crippen molar-refractivity contribution in [1.82, 2.24) is 14.6 Å². The van der Waals surface area contributed by atoms with E-state index in [1.807, 2.05) is 0 Å². The van der Waals surface area contributed by atoms with Crippen molar-refractivity contribution in [3.63, 3.8) is 0 Å². The lowest BCUT2D eigenvalue weighted by atomic mass is 10.0. The van der Waals surface area contributed by atoms with Crippen LogP contribution in [0.15, 0.2) is 60.9 Å². The number of hydrogen-bond acceptors (Lipinski definition) is 7. The first-order valence-electron chi connectivity index (χ1n) is 8.34. The Morgan fingerprint density at radius 3 is 2.79 bits per heavy atom. The zero-order valence-electron chi connectivity index (χ0n) is 14.7. The van der Waals surface area contributed by atoms with E-state index < -0.39 is 10.7 Å². The highest BCUT2D eigenvalue weighted by Crippen LogP contribution is 2.26. The van der Waals surface area contributed by atoms with Crippen LogP contribution < -0.4 is 0 Å². The van der Waals surface area contributed by atoms with E-state index in [1.54, 1.807) is 30.3 Å². The topological polar surface area (TPSA) is 134 Å². The molecule has 2 aromatic heterocycles. The van der Waals surface area contributed by atoms with Gasteiger partial charge in [0.05, 0.1) is 33.4 Å². The normalized spacial score (nSPS) is 10.6. The average molecular weight is 385 g/mol. The molecule has 0 bridgehead atoms. The lowest BCUT2D eigenvalue weighted by Gasteiger charge is -2.04. The van der Waals surface area contributed by atoms with Crippen molar-refractivity contribution < 1.29 is 14.8 Å². The van der Waals surface area contributed by atoms with Crippen LogP contribution in [0.3, 0.4) is 0 Å². The molecule has 0 aliphatic carbocycles. The molecular formula is C20H11N5O4. The second-order valence-electron chi connectivity index (χ2n) is 6.16. The first-order valence-corrected chi connectivity index (χ1v) is 8.34. The average Bonchev–Trinajstić information content (AvgIpc) is 3.17. The zero-order valence-corrected chi connectivity index (χ0v) is 14.7. The van der Waals surface area contributed by atoms with Crippen molar-refractivity contribution >= 4 is 17.1 Å². The number of non-ortho nitro benzene ring substituents is 1. The summed E-state index contributed by atoms with van der Waals surface area (Å²) in [5, 5.41) is 34.3. The summed E-state index contributed by atoms with van der Waals surface area (Å²) in [5.41, 5.74) is 1.85. The molecule has 0 saturated heterocycles. The molecule has 0 fully saturated rings. The van der Waals surface area contributed by atoms with Crippen LogP contribution in [0.4, 0.5) is 5.69 Å². The molecule has 9 nitrogen and oxygen atoms in total. The van der Waals surface area contributed by atoms with Gasteiger partial charge in [0.2, 0.25) is 0 Å². The number of ketones is 1. The molecule has 9 heteroatoms. The molecule has 0 aliphatic rings. The third kappa shape index (κ3) is 3.26. The highest BCUT2D eigenvalue weighted by Gasteiger charge is 2.19. The van der Waals surface area contributed by atoms with Gasteiger partial charge in [-0.25, -0.2) is 9.50 Å². The van der Waals surface area contributed by atoms with Gasteiger partial charge in [0.25, 0.3) is 5.69 Å². The Hall–Kier alpha value is -4.58. The number of nitro benzene ring substituents is 1. The maximum Gasteiger partial charge on any atom is 0.270 e. The van der Waals surface area contributed by atoms with E-state index >= 15 is 0 Å². The lowest BCUT2D eigenvalue weighted by Crippen LogP contribution is -2.05. The predicted octanol–water partition coefficient (Wildman–Crippen LogP) is 3.11. The summed E-state index contributed by atoms with van der Waals surface area (Å²) in [4.78, 5) is 27.3. The number of phenols is 1. The van der Waals surface area contributed by atoms with Crippen molar-refractivity contribution in [2.24, 2.45) is 0 Å². The second-order valence-corrected chi connectivity index (χ2v) is 6.16. The summed E-state index contributed by atoms with van der Waals surface area (Å²) >= 11 is 0. The molecule has 29 heavy (non-hydrogen) atoms. The molecule has 2 heterocycles. The Balaban J connectivity index is 1.75. The SMILES string of the molecule is N#Cc1cccc(-c2cc3ncc(C(=O)c4cc([N+](=O)[O-])ccc4O)cn3n2)c1. The fourth-order valence-corrected chi connectivity index (χ4v) is 2.86. The molecule has 2 aromatic carbocycles. The summed E-state index contributed by atoms with van der Waals surface area (Å²) in [6.45, 7) is 0. The fourth-order valence-electron chi connectivity index (χ4n) is 2.86. The molecule has 4 aromatic rings. The largest absolute Gasteiger partial charge is 0.507 e. The number of nitrogens with zero attached hydrogens (tertiary/aromatic N) is 5. The quantitative estimate of drug-likeness (QED) is 0.324. The van der Waals surface area contributed by atoms with E-state index in [2.05, 4.69) is 16.2 Å². The first kappa shape index (κ1) is 17.8. The van der Waals surface area contributed by atoms with E-state index in [-0.39, 0.29) is 22.6 Å². The summed E-state index contributed by atoms with van der Waals surface area (Å²) in [5.74, 6) is -0.987. The van der Waals surface area contributed by atoms with Gasteiger partial charge in [-0.1, -0.05) is 12.1 Å². The van der Waals surface area contributed by atoms with Crippen molar-refractivity contribution in [3.05, 3.63) is 87.7 Å². The summed E-state index contributed by atoms with van der Waals surface area (Å²) in [6.07, 6.45) is 2.74. The van der Waals surface area contributed by atoms with Gasteiger partial charge in [0, 0.05) is 36.2 Å². The summed E-state index contributed by atoms with van der Waals surface area (Å²) < 4.78 is 1.40. The van der Waals surface area contributed by atoms with Crippen LogP contribution in [-0.4, -0.2) is 30.4 Å². The maximum absolute atomic E-state index is 12.7. The van der Waals surface area contributed by atoms with Crippen LogP contribution in [0, 0.1) is 21.4 Å². The Morgan fingerprint density at radius 1 is 1.21 bits per heavy atom. The van der Waals surface area contributed by atoms with Crippen LogP contribution in [0.1, 0.15) is 21.5 Å².